The van der Waals surface area contributed by atoms with Gasteiger partial charge in [0, 0.05) is 34.1 Å². The number of nitrogens with one attached hydrogen (secondary N) is 1. The lowest BCUT2D eigenvalue weighted by molar-refractivity contribution is 0.102. The number of hydrogen-bond donors (Lipinski definition) is 1. The third-order valence-corrected chi connectivity index (χ3v) is 5.78. The van der Waals surface area contributed by atoms with Gasteiger partial charge < -0.3 is 5.32 Å². The maximum absolute atomic E-state index is 12.6. The van der Waals surface area contributed by atoms with Crippen LogP contribution in [0.25, 0.3) is 16.2 Å². The van der Waals surface area contributed by atoms with Gasteiger partial charge in [0.2, 0.25) is 0 Å². The predicted octanol–water partition coefficient (Wildman–Crippen LogP) is 5.92. The van der Waals surface area contributed by atoms with Gasteiger partial charge in [-0.1, -0.05) is 45.0 Å². The molecule has 2 heterocycles. The lowest BCUT2D eigenvalue weighted by atomic mass is 9.87. The molecule has 5 heteroatoms. The fraction of sp³-hybridized carbons (Fsp3) is 0.217. The minimum absolute atomic E-state index is 0.0694. The molecule has 0 aliphatic rings. The van der Waals surface area contributed by atoms with Crippen LogP contribution in [0.5, 0.6) is 0 Å². The molecule has 1 N–H and O–H groups in total. The summed E-state index contributed by atoms with van der Waals surface area (Å²) in [6.07, 6.45) is 2.04. The number of fused-ring (bicyclic) bond motifs is 1. The quantitative estimate of drug-likeness (QED) is 0.473. The molecule has 2 aromatic heterocycles. The highest BCUT2D eigenvalue weighted by Gasteiger charge is 2.15. The van der Waals surface area contributed by atoms with Gasteiger partial charge in [-0.25, -0.2) is 4.98 Å². The number of amides is 1. The highest BCUT2D eigenvalue weighted by molar-refractivity contribution is 7.15. The van der Waals surface area contributed by atoms with Crippen LogP contribution in [0.3, 0.4) is 0 Å². The van der Waals surface area contributed by atoms with Crippen LogP contribution in [0, 0.1) is 6.92 Å². The highest BCUT2D eigenvalue weighted by Crippen LogP contribution is 2.26. The number of aromatic nitrogens is 2. The second kappa shape index (κ2) is 6.91. The molecule has 4 rings (SSSR count). The number of hydrogen-bond acceptors (Lipinski definition) is 3. The van der Waals surface area contributed by atoms with E-state index in [0.717, 1.165) is 21.9 Å². The molecule has 0 unspecified atom stereocenters. The van der Waals surface area contributed by atoms with Crippen molar-refractivity contribution >= 4 is 27.9 Å². The summed E-state index contributed by atoms with van der Waals surface area (Å²) in [5.74, 6) is -0.112. The van der Waals surface area contributed by atoms with E-state index in [0.29, 0.717) is 5.56 Å². The van der Waals surface area contributed by atoms with E-state index in [-0.39, 0.29) is 11.3 Å². The molecule has 0 radical (unpaired) electrons. The smallest absolute Gasteiger partial charge is 0.255 e. The molecule has 142 valence electrons. The number of nitrogens with zero attached hydrogens (tertiary/aromatic N) is 2. The zero-order valence-corrected chi connectivity index (χ0v) is 17.3. The van der Waals surface area contributed by atoms with Crippen molar-refractivity contribution in [2.75, 3.05) is 5.32 Å². The molecule has 0 saturated carbocycles. The molecule has 28 heavy (non-hydrogen) atoms. The topological polar surface area (TPSA) is 46.4 Å². The Morgan fingerprint density at radius 2 is 1.86 bits per heavy atom. The largest absolute Gasteiger partial charge is 0.322 e. The fourth-order valence-corrected chi connectivity index (χ4v) is 3.96. The first-order valence-electron chi connectivity index (χ1n) is 9.27. The van der Waals surface area contributed by atoms with Gasteiger partial charge in [0.25, 0.3) is 5.91 Å². The van der Waals surface area contributed by atoms with Crippen LogP contribution in [0.4, 0.5) is 5.69 Å². The van der Waals surface area contributed by atoms with Gasteiger partial charge in [-0.05, 0) is 42.2 Å². The van der Waals surface area contributed by atoms with E-state index >= 15 is 0 Å². The molecule has 0 aliphatic heterocycles. The van der Waals surface area contributed by atoms with Crippen LogP contribution in [0.1, 0.15) is 42.4 Å². The van der Waals surface area contributed by atoms with Crippen LogP contribution in [0.15, 0.2) is 60.1 Å². The fourth-order valence-electron chi connectivity index (χ4n) is 3.11. The first kappa shape index (κ1) is 18.4. The summed E-state index contributed by atoms with van der Waals surface area (Å²) < 4.78 is 2.09. The molecule has 1 amide bonds. The summed E-state index contributed by atoms with van der Waals surface area (Å²) in [5.41, 5.74) is 5.74. The molecule has 2 aromatic carbocycles. The van der Waals surface area contributed by atoms with Crippen molar-refractivity contribution in [1.82, 2.24) is 9.38 Å². The van der Waals surface area contributed by atoms with E-state index in [2.05, 4.69) is 47.8 Å². The van der Waals surface area contributed by atoms with Gasteiger partial charge in [-0.2, -0.15) is 0 Å². The summed E-state index contributed by atoms with van der Waals surface area (Å²) >= 11 is 1.63. The van der Waals surface area contributed by atoms with Gasteiger partial charge in [0.15, 0.2) is 4.96 Å². The molecule has 0 atom stereocenters. The van der Waals surface area contributed by atoms with Crippen molar-refractivity contribution in [2.45, 2.75) is 33.1 Å². The Balaban J connectivity index is 1.55. The lowest BCUT2D eigenvalue weighted by Gasteiger charge is -2.19. The number of thiazole rings is 1. The Bertz CT molecular complexity index is 1150. The molecule has 4 aromatic rings. The zero-order chi connectivity index (χ0) is 19.9. The van der Waals surface area contributed by atoms with Crippen LogP contribution >= 0.6 is 11.3 Å². The number of imidazole rings is 1. The third kappa shape index (κ3) is 3.58. The molecule has 0 spiro atoms. The van der Waals surface area contributed by atoms with Crippen LogP contribution in [0.2, 0.25) is 0 Å². The Morgan fingerprint density at radius 3 is 2.54 bits per heavy atom. The van der Waals surface area contributed by atoms with Crippen LogP contribution < -0.4 is 5.32 Å². The summed E-state index contributed by atoms with van der Waals surface area (Å²) in [4.78, 5) is 18.3. The maximum Gasteiger partial charge on any atom is 0.255 e. The number of carbonyl (C=O) groups excluding carboxylic acids is 1. The zero-order valence-electron chi connectivity index (χ0n) is 16.5. The first-order valence-corrected chi connectivity index (χ1v) is 10.1. The van der Waals surface area contributed by atoms with E-state index < -0.39 is 0 Å². The van der Waals surface area contributed by atoms with Gasteiger partial charge >= 0.3 is 0 Å². The van der Waals surface area contributed by atoms with E-state index in [9.17, 15) is 4.79 Å². The molecular formula is C23H23N3OS. The van der Waals surface area contributed by atoms with Gasteiger partial charge in [0.1, 0.15) is 0 Å². The van der Waals surface area contributed by atoms with E-state index in [1.165, 1.54) is 11.3 Å². The molecule has 0 fully saturated rings. The Morgan fingerprint density at radius 1 is 1.11 bits per heavy atom. The monoisotopic (exact) mass is 389 g/mol. The number of anilines is 1. The van der Waals surface area contributed by atoms with Gasteiger partial charge in [-0.3, -0.25) is 9.20 Å². The Labute approximate surface area is 168 Å². The molecule has 0 aliphatic carbocycles. The number of carbonyl (C=O) groups is 1. The highest BCUT2D eigenvalue weighted by atomic mass is 32.1. The first-order chi connectivity index (χ1) is 13.3. The minimum Gasteiger partial charge on any atom is -0.322 e. The van der Waals surface area contributed by atoms with Crippen molar-refractivity contribution in [1.29, 1.82) is 0 Å². The van der Waals surface area contributed by atoms with Crippen molar-refractivity contribution in [3.63, 3.8) is 0 Å². The Kier molecular flexibility index (Phi) is 4.55. The predicted molar refractivity (Wildman–Crippen MR) is 116 cm³/mol. The summed E-state index contributed by atoms with van der Waals surface area (Å²) in [5, 5.41) is 5.09. The molecule has 0 bridgehead atoms. The Hall–Kier alpha value is -2.92. The van der Waals surface area contributed by atoms with Crippen LogP contribution in [-0.4, -0.2) is 15.3 Å². The normalized spacial score (nSPS) is 11.7. The summed E-state index contributed by atoms with van der Waals surface area (Å²) in [6.45, 7) is 8.55. The van der Waals surface area contributed by atoms with Crippen molar-refractivity contribution in [2.24, 2.45) is 0 Å². The van der Waals surface area contributed by atoms with Crippen LogP contribution in [-0.2, 0) is 5.41 Å². The van der Waals surface area contributed by atoms with E-state index in [4.69, 9.17) is 0 Å². The average Bonchev–Trinajstić information content (AvgIpc) is 3.24. The maximum atomic E-state index is 12.6. The van der Waals surface area contributed by atoms with Crippen molar-refractivity contribution < 1.29 is 4.79 Å². The molecule has 0 saturated heterocycles. The summed E-state index contributed by atoms with van der Waals surface area (Å²) in [7, 11) is 0. The second-order valence-corrected chi connectivity index (χ2v) is 8.85. The molecular weight excluding hydrogens is 366 g/mol. The van der Waals surface area contributed by atoms with Crippen molar-refractivity contribution in [3.05, 3.63) is 76.9 Å². The SMILES string of the molecule is Cc1csc2nc(-c3cccc(NC(=O)c4ccc(C(C)(C)C)cc4)c3)cn12. The van der Waals surface area contributed by atoms with E-state index in [1.54, 1.807) is 11.3 Å². The molecule has 4 nitrogen and oxygen atoms in total. The lowest BCUT2D eigenvalue weighted by Crippen LogP contribution is -2.14. The number of aryl methyl sites for hydroxylation is 1. The van der Waals surface area contributed by atoms with Gasteiger partial charge in [-0.15, -0.1) is 11.3 Å². The third-order valence-electron chi connectivity index (χ3n) is 4.82. The minimum atomic E-state index is -0.112. The summed E-state index contributed by atoms with van der Waals surface area (Å²) in [6, 6.07) is 15.6. The van der Waals surface area contributed by atoms with Crippen molar-refractivity contribution in [3.8, 4) is 11.3 Å². The second-order valence-electron chi connectivity index (χ2n) is 8.02. The number of rotatable bonds is 3. The van der Waals surface area contributed by atoms with E-state index in [1.807, 2.05) is 54.7 Å². The van der Waals surface area contributed by atoms with Gasteiger partial charge in [0.05, 0.1) is 5.69 Å². The number of benzene rings is 2. The standard InChI is InChI=1S/C23H23N3OS/c1-15-14-28-22-25-20(13-26(15)22)17-6-5-7-19(12-17)24-21(27)16-8-10-18(11-9-16)23(2,3)4/h5-14H,1-4H3,(H,24,27). The average molecular weight is 390 g/mol.